The minimum absolute atomic E-state index is 0.0302. The Labute approximate surface area is 164 Å². The van der Waals surface area contributed by atoms with Gasteiger partial charge in [-0.05, 0) is 30.3 Å². The first kappa shape index (κ1) is 20.7. The average Bonchev–Trinajstić information content (AvgIpc) is 2.70. The maximum absolute atomic E-state index is 12.3. The molecule has 0 aliphatic heterocycles. The summed E-state index contributed by atoms with van der Waals surface area (Å²) in [5.41, 5.74) is 2.00. The van der Waals surface area contributed by atoms with E-state index < -0.39 is 0 Å². The van der Waals surface area contributed by atoms with Crippen LogP contribution in [0.5, 0.6) is 0 Å². The second kappa shape index (κ2) is 9.91. The van der Waals surface area contributed by atoms with Crippen LogP contribution in [0.1, 0.15) is 20.7 Å². The molecule has 0 saturated carbocycles. The number of para-hydroxylation sites is 1. The SMILES string of the molecule is C=CCNC(=O)c1ccccc1NCC(=O)Nc1cccc(C(=O)N(C)C)c1. The number of amides is 3. The van der Waals surface area contributed by atoms with Crippen molar-refractivity contribution < 1.29 is 14.4 Å². The molecule has 3 N–H and O–H groups in total. The fraction of sp³-hybridized carbons (Fsp3) is 0.190. The predicted octanol–water partition coefficient (Wildman–Crippen LogP) is 2.35. The lowest BCUT2D eigenvalue weighted by atomic mass is 10.1. The summed E-state index contributed by atoms with van der Waals surface area (Å²) >= 11 is 0. The molecule has 0 aliphatic carbocycles. The van der Waals surface area contributed by atoms with Crippen LogP contribution in [0.4, 0.5) is 11.4 Å². The largest absolute Gasteiger partial charge is 0.376 e. The van der Waals surface area contributed by atoms with Gasteiger partial charge >= 0.3 is 0 Å². The molecule has 7 nitrogen and oxygen atoms in total. The van der Waals surface area contributed by atoms with Crippen molar-refractivity contribution in [2.75, 3.05) is 37.8 Å². The summed E-state index contributed by atoms with van der Waals surface area (Å²) in [6, 6.07) is 13.7. The third kappa shape index (κ3) is 5.70. The molecular formula is C21H24N4O3. The number of rotatable bonds is 8. The zero-order chi connectivity index (χ0) is 20.5. The van der Waals surface area contributed by atoms with Gasteiger partial charge in [0.15, 0.2) is 0 Å². The molecule has 0 atom stereocenters. The quantitative estimate of drug-likeness (QED) is 0.613. The van der Waals surface area contributed by atoms with Crippen molar-refractivity contribution >= 4 is 29.1 Å². The summed E-state index contributed by atoms with van der Waals surface area (Å²) in [7, 11) is 3.33. The van der Waals surface area contributed by atoms with E-state index in [0.717, 1.165) is 0 Å². The molecule has 7 heteroatoms. The molecule has 0 spiro atoms. The van der Waals surface area contributed by atoms with E-state index in [2.05, 4.69) is 22.5 Å². The Morgan fingerprint density at radius 2 is 1.82 bits per heavy atom. The summed E-state index contributed by atoms with van der Waals surface area (Å²) < 4.78 is 0. The van der Waals surface area contributed by atoms with Crippen LogP contribution in [-0.4, -0.2) is 49.8 Å². The van der Waals surface area contributed by atoms with Crippen molar-refractivity contribution in [2.24, 2.45) is 0 Å². The minimum Gasteiger partial charge on any atom is -0.376 e. The fourth-order valence-corrected chi connectivity index (χ4v) is 2.46. The Hall–Kier alpha value is -3.61. The molecule has 2 aromatic rings. The van der Waals surface area contributed by atoms with Crippen molar-refractivity contribution in [3.63, 3.8) is 0 Å². The maximum atomic E-state index is 12.3. The molecule has 3 amide bonds. The third-order valence-corrected chi connectivity index (χ3v) is 3.82. The Balaban J connectivity index is 2.00. The summed E-state index contributed by atoms with van der Waals surface area (Å²) in [5.74, 6) is -0.692. The first-order valence-corrected chi connectivity index (χ1v) is 8.76. The zero-order valence-electron chi connectivity index (χ0n) is 16.0. The Morgan fingerprint density at radius 3 is 2.54 bits per heavy atom. The van der Waals surface area contributed by atoms with Gasteiger partial charge in [0.1, 0.15) is 0 Å². The summed E-state index contributed by atoms with van der Waals surface area (Å²) in [4.78, 5) is 37.9. The van der Waals surface area contributed by atoms with Crippen molar-refractivity contribution in [3.05, 3.63) is 72.3 Å². The van der Waals surface area contributed by atoms with Crippen LogP contribution in [0.3, 0.4) is 0 Å². The molecule has 0 bridgehead atoms. The summed E-state index contributed by atoms with van der Waals surface area (Å²) in [6.45, 7) is 3.89. The monoisotopic (exact) mass is 380 g/mol. The number of hydrogen-bond acceptors (Lipinski definition) is 4. The highest BCUT2D eigenvalue weighted by molar-refractivity contribution is 6.01. The molecule has 0 radical (unpaired) electrons. The molecule has 0 aromatic heterocycles. The highest BCUT2D eigenvalue weighted by Gasteiger charge is 2.12. The maximum Gasteiger partial charge on any atom is 0.253 e. The fourth-order valence-electron chi connectivity index (χ4n) is 2.46. The van der Waals surface area contributed by atoms with Gasteiger partial charge in [-0.1, -0.05) is 24.3 Å². The predicted molar refractivity (Wildman–Crippen MR) is 111 cm³/mol. The number of carbonyl (C=O) groups is 3. The number of anilines is 2. The lowest BCUT2D eigenvalue weighted by Crippen LogP contribution is -2.26. The van der Waals surface area contributed by atoms with Crippen LogP contribution in [0.25, 0.3) is 0 Å². The third-order valence-electron chi connectivity index (χ3n) is 3.82. The van der Waals surface area contributed by atoms with Crippen LogP contribution >= 0.6 is 0 Å². The number of nitrogens with one attached hydrogen (secondary N) is 3. The minimum atomic E-state index is -0.296. The van der Waals surface area contributed by atoms with Crippen LogP contribution in [-0.2, 0) is 4.79 Å². The van der Waals surface area contributed by atoms with Gasteiger partial charge in [0.2, 0.25) is 5.91 Å². The highest BCUT2D eigenvalue weighted by atomic mass is 16.2. The van der Waals surface area contributed by atoms with Crippen molar-refractivity contribution in [1.29, 1.82) is 0 Å². The molecule has 2 aromatic carbocycles. The van der Waals surface area contributed by atoms with E-state index in [4.69, 9.17) is 0 Å². The van der Waals surface area contributed by atoms with Crippen molar-refractivity contribution in [1.82, 2.24) is 10.2 Å². The van der Waals surface area contributed by atoms with Crippen LogP contribution in [0.15, 0.2) is 61.2 Å². The lowest BCUT2D eigenvalue weighted by Gasteiger charge is -2.13. The molecule has 28 heavy (non-hydrogen) atoms. The lowest BCUT2D eigenvalue weighted by molar-refractivity contribution is -0.114. The van der Waals surface area contributed by atoms with Gasteiger partial charge in [-0.3, -0.25) is 14.4 Å². The van der Waals surface area contributed by atoms with E-state index in [1.54, 1.807) is 68.7 Å². The number of benzene rings is 2. The molecule has 2 rings (SSSR count). The van der Waals surface area contributed by atoms with Gasteiger partial charge in [-0.2, -0.15) is 0 Å². The Bertz CT molecular complexity index is 877. The molecule has 0 saturated heterocycles. The number of nitrogens with zero attached hydrogens (tertiary/aromatic N) is 1. The van der Waals surface area contributed by atoms with Gasteiger partial charge < -0.3 is 20.9 Å². The molecule has 0 unspecified atom stereocenters. The van der Waals surface area contributed by atoms with Crippen molar-refractivity contribution in [2.45, 2.75) is 0 Å². The average molecular weight is 380 g/mol. The van der Waals surface area contributed by atoms with E-state index in [-0.39, 0.29) is 24.3 Å². The van der Waals surface area contributed by atoms with E-state index in [9.17, 15) is 14.4 Å². The van der Waals surface area contributed by atoms with Crippen LogP contribution in [0, 0.1) is 0 Å². The number of hydrogen-bond donors (Lipinski definition) is 3. The summed E-state index contributed by atoms with van der Waals surface area (Å²) in [5, 5.41) is 8.42. The van der Waals surface area contributed by atoms with E-state index in [0.29, 0.717) is 29.0 Å². The first-order valence-electron chi connectivity index (χ1n) is 8.76. The molecule has 0 aliphatic rings. The van der Waals surface area contributed by atoms with Crippen LogP contribution in [0.2, 0.25) is 0 Å². The topological polar surface area (TPSA) is 90.5 Å². The molecule has 0 fully saturated rings. The van der Waals surface area contributed by atoms with E-state index >= 15 is 0 Å². The van der Waals surface area contributed by atoms with Gasteiger partial charge in [-0.25, -0.2) is 0 Å². The normalized spacial score (nSPS) is 9.93. The smallest absolute Gasteiger partial charge is 0.253 e. The van der Waals surface area contributed by atoms with Gasteiger partial charge in [0.05, 0.1) is 12.1 Å². The van der Waals surface area contributed by atoms with E-state index in [1.165, 1.54) is 4.90 Å². The second-order valence-corrected chi connectivity index (χ2v) is 6.23. The molecule has 0 heterocycles. The standard InChI is InChI=1S/C21H24N4O3/c1-4-12-22-20(27)17-10-5-6-11-18(17)23-14-19(26)24-16-9-7-8-15(13-16)21(28)25(2)3/h4-11,13,23H,1,12,14H2,2-3H3,(H,22,27)(H,24,26). The highest BCUT2D eigenvalue weighted by Crippen LogP contribution is 2.15. The van der Waals surface area contributed by atoms with Crippen molar-refractivity contribution in [3.8, 4) is 0 Å². The Kier molecular flexibility index (Phi) is 7.33. The summed E-state index contributed by atoms with van der Waals surface area (Å²) in [6.07, 6.45) is 1.59. The molecular weight excluding hydrogens is 356 g/mol. The second-order valence-electron chi connectivity index (χ2n) is 6.23. The first-order chi connectivity index (χ1) is 13.4. The van der Waals surface area contributed by atoms with Gasteiger partial charge in [0, 0.05) is 37.6 Å². The van der Waals surface area contributed by atoms with Crippen LogP contribution < -0.4 is 16.0 Å². The van der Waals surface area contributed by atoms with Gasteiger partial charge in [-0.15, -0.1) is 6.58 Å². The van der Waals surface area contributed by atoms with Gasteiger partial charge in [0.25, 0.3) is 11.8 Å². The molecule has 146 valence electrons. The number of carbonyl (C=O) groups excluding carboxylic acids is 3. The Morgan fingerprint density at radius 1 is 1.07 bits per heavy atom. The van der Waals surface area contributed by atoms with E-state index in [1.807, 2.05) is 0 Å². The zero-order valence-corrected chi connectivity index (χ0v) is 16.0.